The molecule has 1 aromatic carbocycles. The molecule has 1 aromatic heterocycles. The van der Waals surface area contributed by atoms with Crippen LogP contribution >= 0.6 is 0 Å². The van der Waals surface area contributed by atoms with Gasteiger partial charge in [0, 0.05) is 11.3 Å². The fourth-order valence-electron chi connectivity index (χ4n) is 3.04. The van der Waals surface area contributed by atoms with Crippen LogP contribution in [0.2, 0.25) is 0 Å². The number of hydrogen-bond donors (Lipinski definition) is 0. The summed E-state index contributed by atoms with van der Waals surface area (Å²) in [5.41, 5.74) is 4.49. The molecule has 1 heterocycles. The second-order valence-corrected chi connectivity index (χ2v) is 6.33. The number of benzene rings is 1. The lowest BCUT2D eigenvalue weighted by Gasteiger charge is -2.33. The molecular formula is C18H18N2. The van der Waals surface area contributed by atoms with Gasteiger partial charge in [-0.15, -0.1) is 0 Å². The predicted molar refractivity (Wildman–Crippen MR) is 80.1 cm³/mol. The molecule has 0 saturated carbocycles. The van der Waals surface area contributed by atoms with Gasteiger partial charge in [0.1, 0.15) is 0 Å². The highest BCUT2D eigenvalue weighted by Crippen LogP contribution is 2.41. The van der Waals surface area contributed by atoms with Gasteiger partial charge in [-0.1, -0.05) is 50.2 Å². The molecule has 0 fully saturated rings. The highest BCUT2D eigenvalue weighted by molar-refractivity contribution is 5.60. The molecule has 3 rings (SSSR count). The predicted octanol–water partition coefficient (Wildman–Crippen LogP) is 4.33. The summed E-state index contributed by atoms with van der Waals surface area (Å²) in [4.78, 5) is 4.83. The second kappa shape index (κ2) is 4.76. The Balaban J connectivity index is 2.07. The first kappa shape index (κ1) is 12.9. The van der Waals surface area contributed by atoms with Crippen molar-refractivity contribution in [2.75, 3.05) is 0 Å². The number of nitriles is 1. The van der Waals surface area contributed by atoms with Crippen molar-refractivity contribution in [1.29, 1.82) is 5.26 Å². The molecule has 1 atom stereocenters. The molecule has 100 valence electrons. The maximum absolute atomic E-state index is 9.38. The molecule has 1 aliphatic carbocycles. The van der Waals surface area contributed by atoms with Crippen molar-refractivity contribution in [3.05, 3.63) is 53.7 Å². The van der Waals surface area contributed by atoms with E-state index in [4.69, 9.17) is 4.98 Å². The van der Waals surface area contributed by atoms with Crippen molar-refractivity contribution < 1.29 is 0 Å². The molecule has 2 heteroatoms. The number of fused-ring (bicyclic) bond motifs is 1. The van der Waals surface area contributed by atoms with Crippen LogP contribution in [-0.4, -0.2) is 4.98 Å². The number of nitrogens with zero attached hydrogens (tertiary/aromatic N) is 2. The molecule has 0 N–H and O–H groups in total. The van der Waals surface area contributed by atoms with Gasteiger partial charge in [0.2, 0.25) is 0 Å². The van der Waals surface area contributed by atoms with Crippen LogP contribution in [0, 0.1) is 16.7 Å². The molecular weight excluding hydrogens is 244 g/mol. The maximum Gasteiger partial charge on any atom is 0.0735 e. The van der Waals surface area contributed by atoms with Crippen LogP contribution in [0.1, 0.15) is 37.4 Å². The van der Waals surface area contributed by atoms with Gasteiger partial charge in [-0.2, -0.15) is 5.26 Å². The highest BCUT2D eigenvalue weighted by atomic mass is 14.7. The second-order valence-electron chi connectivity index (χ2n) is 6.33. The lowest BCUT2D eigenvalue weighted by atomic mass is 9.71. The lowest BCUT2D eigenvalue weighted by molar-refractivity contribution is 0.297. The van der Waals surface area contributed by atoms with E-state index in [0.29, 0.717) is 0 Å². The highest BCUT2D eigenvalue weighted by Gasteiger charge is 2.33. The normalized spacial score (nSPS) is 19.9. The fraction of sp³-hybridized carbons (Fsp3) is 0.333. The molecule has 0 spiro atoms. The zero-order valence-electron chi connectivity index (χ0n) is 11.9. The topological polar surface area (TPSA) is 36.7 Å². The first-order valence-corrected chi connectivity index (χ1v) is 7.04. The monoisotopic (exact) mass is 262 g/mol. The molecule has 2 aromatic rings. The molecule has 20 heavy (non-hydrogen) atoms. The minimum absolute atomic E-state index is 0.0222. The standard InChI is InChI=1S/C18H18N2/c1-18(2)10-14(12-19)15-8-9-16(20-17(15)11-18)13-6-4-3-5-7-13/h3-9,14H,10-11H2,1-2H3. The van der Waals surface area contributed by atoms with Crippen LogP contribution in [0.4, 0.5) is 0 Å². The summed E-state index contributed by atoms with van der Waals surface area (Å²) in [7, 11) is 0. The van der Waals surface area contributed by atoms with Crippen LogP contribution in [0.25, 0.3) is 11.3 Å². The molecule has 0 aliphatic heterocycles. The van der Waals surface area contributed by atoms with Gasteiger partial charge in [0.15, 0.2) is 0 Å². The van der Waals surface area contributed by atoms with E-state index in [1.54, 1.807) is 0 Å². The van der Waals surface area contributed by atoms with Crippen molar-refractivity contribution >= 4 is 0 Å². The Bertz CT molecular complexity index is 666. The van der Waals surface area contributed by atoms with E-state index in [1.165, 1.54) is 0 Å². The smallest absolute Gasteiger partial charge is 0.0735 e. The lowest BCUT2D eigenvalue weighted by Crippen LogP contribution is -2.26. The summed E-state index contributed by atoms with van der Waals surface area (Å²) in [5.74, 6) is -0.0222. The molecule has 2 nitrogen and oxygen atoms in total. The van der Waals surface area contributed by atoms with Crippen LogP contribution in [0.5, 0.6) is 0 Å². The van der Waals surface area contributed by atoms with E-state index in [1.807, 2.05) is 24.3 Å². The Hall–Kier alpha value is -2.14. The van der Waals surface area contributed by atoms with Crippen LogP contribution in [0.15, 0.2) is 42.5 Å². The minimum Gasteiger partial charge on any atom is -0.252 e. The third kappa shape index (κ3) is 2.32. The van der Waals surface area contributed by atoms with E-state index < -0.39 is 0 Å². The van der Waals surface area contributed by atoms with Gasteiger partial charge in [0.05, 0.1) is 17.7 Å². The first-order valence-electron chi connectivity index (χ1n) is 7.04. The Kier molecular flexibility index (Phi) is 3.06. The third-order valence-electron chi connectivity index (χ3n) is 4.01. The van der Waals surface area contributed by atoms with Crippen LogP contribution in [0.3, 0.4) is 0 Å². The van der Waals surface area contributed by atoms with Crippen LogP contribution in [-0.2, 0) is 6.42 Å². The summed E-state index contributed by atoms with van der Waals surface area (Å²) in [6.07, 6.45) is 1.87. The number of pyridine rings is 1. The molecule has 0 saturated heterocycles. The van der Waals surface area contributed by atoms with Gasteiger partial charge in [-0.05, 0) is 29.9 Å². The molecule has 1 aliphatic rings. The summed E-state index contributed by atoms with van der Waals surface area (Å²) in [6.45, 7) is 4.44. The summed E-state index contributed by atoms with van der Waals surface area (Å²) >= 11 is 0. The van der Waals surface area contributed by atoms with Gasteiger partial charge in [0.25, 0.3) is 0 Å². The van der Waals surface area contributed by atoms with Gasteiger partial charge in [-0.3, -0.25) is 4.98 Å². The maximum atomic E-state index is 9.38. The number of hydrogen-bond acceptors (Lipinski definition) is 2. The Labute approximate surface area is 120 Å². The van der Waals surface area contributed by atoms with E-state index in [-0.39, 0.29) is 11.3 Å². The fourth-order valence-corrected chi connectivity index (χ4v) is 3.04. The Morgan fingerprint density at radius 3 is 2.60 bits per heavy atom. The average Bonchev–Trinajstić information content (AvgIpc) is 2.45. The van der Waals surface area contributed by atoms with Gasteiger partial charge < -0.3 is 0 Å². The first-order chi connectivity index (χ1) is 9.59. The minimum atomic E-state index is -0.0222. The van der Waals surface area contributed by atoms with E-state index in [0.717, 1.165) is 35.4 Å². The quantitative estimate of drug-likeness (QED) is 0.767. The van der Waals surface area contributed by atoms with Crippen molar-refractivity contribution in [2.24, 2.45) is 5.41 Å². The van der Waals surface area contributed by atoms with Gasteiger partial charge >= 0.3 is 0 Å². The van der Waals surface area contributed by atoms with Crippen molar-refractivity contribution in [2.45, 2.75) is 32.6 Å². The summed E-state index contributed by atoms with van der Waals surface area (Å²) in [5, 5.41) is 9.38. The summed E-state index contributed by atoms with van der Waals surface area (Å²) in [6, 6.07) is 16.8. The molecule has 0 amide bonds. The van der Waals surface area contributed by atoms with E-state index >= 15 is 0 Å². The molecule has 0 radical (unpaired) electrons. The van der Waals surface area contributed by atoms with Crippen molar-refractivity contribution in [1.82, 2.24) is 4.98 Å². The zero-order chi connectivity index (χ0) is 14.2. The number of rotatable bonds is 1. The van der Waals surface area contributed by atoms with Crippen molar-refractivity contribution in [3.63, 3.8) is 0 Å². The SMILES string of the molecule is CC1(C)Cc2nc(-c3ccccc3)ccc2C(C#N)C1. The largest absolute Gasteiger partial charge is 0.252 e. The molecule has 1 unspecified atom stereocenters. The van der Waals surface area contributed by atoms with E-state index in [9.17, 15) is 5.26 Å². The van der Waals surface area contributed by atoms with Crippen LogP contribution < -0.4 is 0 Å². The molecule has 0 bridgehead atoms. The summed E-state index contributed by atoms with van der Waals surface area (Å²) < 4.78 is 0. The Morgan fingerprint density at radius 2 is 1.90 bits per heavy atom. The Morgan fingerprint density at radius 1 is 1.15 bits per heavy atom. The van der Waals surface area contributed by atoms with Gasteiger partial charge in [-0.25, -0.2) is 0 Å². The third-order valence-corrected chi connectivity index (χ3v) is 4.01. The number of aromatic nitrogens is 1. The zero-order valence-corrected chi connectivity index (χ0v) is 11.9. The van der Waals surface area contributed by atoms with E-state index in [2.05, 4.69) is 38.1 Å². The average molecular weight is 262 g/mol. The van der Waals surface area contributed by atoms with Crippen molar-refractivity contribution in [3.8, 4) is 17.3 Å².